The fraction of sp³-hybridized carbons (Fsp3) is 0.455. The van der Waals surface area contributed by atoms with Gasteiger partial charge >= 0.3 is 7.69 Å². The summed E-state index contributed by atoms with van der Waals surface area (Å²) in [6, 6.07) is 16.3. The first-order valence-electron chi connectivity index (χ1n) is 9.96. The van der Waals surface area contributed by atoms with Crippen molar-refractivity contribution in [3.63, 3.8) is 0 Å². The fourth-order valence-corrected chi connectivity index (χ4v) is 2.89. The van der Waals surface area contributed by atoms with Gasteiger partial charge in [-0.25, -0.2) is 0 Å². The van der Waals surface area contributed by atoms with Gasteiger partial charge in [-0.1, -0.05) is 52.0 Å². The molecule has 0 N–H and O–H groups in total. The first-order chi connectivity index (χ1) is 13.2. The minimum atomic E-state index is 0. The van der Waals surface area contributed by atoms with Crippen LogP contribution in [0.2, 0.25) is 0 Å². The van der Waals surface area contributed by atoms with Crippen LogP contribution in [-0.4, -0.2) is 43.7 Å². The summed E-state index contributed by atoms with van der Waals surface area (Å²) < 4.78 is 11.2. The third-order valence-corrected chi connectivity index (χ3v) is 4.82. The van der Waals surface area contributed by atoms with Gasteiger partial charge in [0, 0.05) is 13.1 Å². The Hall–Kier alpha value is -1.69. The second-order valence-corrected chi connectivity index (χ2v) is 6.54. The summed E-state index contributed by atoms with van der Waals surface area (Å²) in [4.78, 5) is 4.77. The Morgan fingerprint density at radius 3 is 1.21 bits per heavy atom. The standard InChI is InChI=1S/C22H32BN2O2.ClH/c1-5-24(6-2)17-19-9-13-21(14-10-19)26-23-27-22-15-11-20(12-16-22)18-25(7-3)8-4;/h9-16H,5-8,17-18H2,1-4H3;1H. The zero-order valence-electron chi connectivity index (χ0n) is 17.6. The van der Waals surface area contributed by atoms with Crippen molar-refractivity contribution in [2.75, 3.05) is 26.2 Å². The Kier molecular flexibility index (Phi) is 11.7. The fourth-order valence-electron chi connectivity index (χ4n) is 2.89. The Morgan fingerprint density at radius 1 is 0.607 bits per heavy atom. The van der Waals surface area contributed by atoms with Crippen molar-refractivity contribution >= 4 is 20.1 Å². The summed E-state index contributed by atoms with van der Waals surface area (Å²) in [5.74, 6) is 1.55. The van der Waals surface area contributed by atoms with Gasteiger partial charge in [0.1, 0.15) is 11.5 Å². The van der Waals surface area contributed by atoms with E-state index in [0.717, 1.165) is 50.8 Å². The average molecular weight is 404 g/mol. The van der Waals surface area contributed by atoms with Gasteiger partial charge in [-0.15, -0.1) is 12.4 Å². The topological polar surface area (TPSA) is 24.9 Å². The maximum atomic E-state index is 5.58. The molecule has 2 rings (SSSR count). The van der Waals surface area contributed by atoms with Gasteiger partial charge in [-0.3, -0.25) is 9.80 Å². The van der Waals surface area contributed by atoms with E-state index in [4.69, 9.17) is 9.31 Å². The quantitative estimate of drug-likeness (QED) is 0.476. The Bertz CT molecular complexity index is 587. The lowest BCUT2D eigenvalue weighted by molar-refractivity contribution is 0.296. The van der Waals surface area contributed by atoms with E-state index < -0.39 is 0 Å². The summed E-state index contributed by atoms with van der Waals surface area (Å²) in [5.41, 5.74) is 2.58. The molecule has 0 saturated heterocycles. The molecule has 0 unspecified atom stereocenters. The lowest BCUT2D eigenvalue weighted by Gasteiger charge is -2.18. The molecule has 0 fully saturated rings. The Morgan fingerprint density at radius 2 is 0.929 bits per heavy atom. The molecule has 0 aliphatic carbocycles. The van der Waals surface area contributed by atoms with Gasteiger partial charge in [-0.05, 0) is 61.6 Å². The summed E-state index contributed by atoms with van der Waals surface area (Å²) in [5, 5.41) is 0. The molecule has 153 valence electrons. The van der Waals surface area contributed by atoms with Crippen LogP contribution in [0.4, 0.5) is 0 Å². The lowest BCUT2D eigenvalue weighted by atomic mass is 10.2. The van der Waals surface area contributed by atoms with Crippen LogP contribution >= 0.6 is 12.4 Å². The second kappa shape index (κ2) is 13.5. The molecule has 0 heterocycles. The summed E-state index contributed by atoms with van der Waals surface area (Å²) in [6.07, 6.45) is 0. The second-order valence-electron chi connectivity index (χ2n) is 6.54. The minimum Gasteiger partial charge on any atom is -0.526 e. The molecule has 0 spiro atoms. The molecule has 1 radical (unpaired) electrons. The molecule has 0 saturated carbocycles. The molecule has 0 bridgehead atoms. The highest BCUT2D eigenvalue weighted by Gasteiger charge is 2.05. The highest BCUT2D eigenvalue weighted by atomic mass is 35.5. The molecule has 0 atom stereocenters. The van der Waals surface area contributed by atoms with Crippen LogP contribution in [0.3, 0.4) is 0 Å². The van der Waals surface area contributed by atoms with Crippen LogP contribution in [0.15, 0.2) is 48.5 Å². The van der Waals surface area contributed by atoms with Crippen LogP contribution in [0.25, 0.3) is 0 Å². The zero-order valence-corrected chi connectivity index (χ0v) is 18.4. The predicted octanol–water partition coefficient (Wildman–Crippen LogP) is 4.78. The number of benzene rings is 2. The molecule has 0 amide bonds. The van der Waals surface area contributed by atoms with Crippen molar-refractivity contribution in [1.82, 2.24) is 9.80 Å². The van der Waals surface area contributed by atoms with Crippen molar-refractivity contribution in [3.8, 4) is 11.5 Å². The highest BCUT2D eigenvalue weighted by molar-refractivity contribution is 6.20. The van der Waals surface area contributed by atoms with E-state index >= 15 is 0 Å². The van der Waals surface area contributed by atoms with Gasteiger partial charge in [0.05, 0.1) is 0 Å². The summed E-state index contributed by atoms with van der Waals surface area (Å²) in [7, 11) is 1.39. The van der Waals surface area contributed by atoms with Crippen molar-refractivity contribution in [2.24, 2.45) is 0 Å². The third kappa shape index (κ3) is 8.13. The molecule has 28 heavy (non-hydrogen) atoms. The van der Waals surface area contributed by atoms with E-state index in [9.17, 15) is 0 Å². The van der Waals surface area contributed by atoms with E-state index in [1.807, 2.05) is 24.3 Å². The Labute approximate surface area is 177 Å². The molecule has 0 aliphatic heterocycles. The monoisotopic (exact) mass is 403 g/mol. The van der Waals surface area contributed by atoms with Gasteiger partial charge < -0.3 is 9.31 Å². The van der Waals surface area contributed by atoms with Crippen LogP contribution in [-0.2, 0) is 13.1 Å². The Balaban J connectivity index is 0.00000392. The third-order valence-electron chi connectivity index (χ3n) is 4.82. The van der Waals surface area contributed by atoms with Crippen molar-refractivity contribution in [3.05, 3.63) is 59.7 Å². The smallest absolute Gasteiger partial charge is 0.526 e. The summed E-state index contributed by atoms with van der Waals surface area (Å²) >= 11 is 0. The predicted molar refractivity (Wildman–Crippen MR) is 120 cm³/mol. The molecule has 0 aromatic heterocycles. The molecule has 0 aliphatic rings. The van der Waals surface area contributed by atoms with Gasteiger partial charge in [0.15, 0.2) is 0 Å². The molecular formula is C22H33BClN2O2. The van der Waals surface area contributed by atoms with Gasteiger partial charge in [-0.2, -0.15) is 0 Å². The molecule has 6 heteroatoms. The minimum absolute atomic E-state index is 0. The first kappa shape index (κ1) is 24.4. The highest BCUT2D eigenvalue weighted by Crippen LogP contribution is 2.16. The molecule has 4 nitrogen and oxygen atoms in total. The van der Waals surface area contributed by atoms with E-state index in [-0.39, 0.29) is 12.4 Å². The van der Waals surface area contributed by atoms with Crippen molar-refractivity contribution in [1.29, 1.82) is 0 Å². The molecule has 2 aromatic carbocycles. The number of hydrogen-bond donors (Lipinski definition) is 0. The maximum Gasteiger partial charge on any atom is 0.658 e. The van der Waals surface area contributed by atoms with Crippen LogP contribution in [0, 0.1) is 0 Å². The average Bonchev–Trinajstić information content (AvgIpc) is 2.72. The SMILES string of the molecule is CCN(CC)Cc1ccc(O[B]Oc2ccc(CN(CC)CC)cc2)cc1.Cl. The van der Waals surface area contributed by atoms with Gasteiger partial charge in [0.2, 0.25) is 0 Å². The largest absolute Gasteiger partial charge is 0.658 e. The van der Waals surface area contributed by atoms with Crippen LogP contribution in [0.1, 0.15) is 38.8 Å². The van der Waals surface area contributed by atoms with Crippen LogP contribution < -0.4 is 9.31 Å². The lowest BCUT2D eigenvalue weighted by Crippen LogP contribution is -2.22. The van der Waals surface area contributed by atoms with Gasteiger partial charge in [0.25, 0.3) is 0 Å². The number of rotatable bonds is 12. The molecule has 2 aromatic rings. The summed E-state index contributed by atoms with van der Waals surface area (Å²) in [6.45, 7) is 14.9. The van der Waals surface area contributed by atoms with Crippen molar-refractivity contribution < 1.29 is 9.31 Å². The van der Waals surface area contributed by atoms with E-state index in [2.05, 4.69) is 61.8 Å². The zero-order chi connectivity index (χ0) is 19.5. The maximum absolute atomic E-state index is 5.58. The van der Waals surface area contributed by atoms with Crippen molar-refractivity contribution in [2.45, 2.75) is 40.8 Å². The van der Waals surface area contributed by atoms with Crippen LogP contribution in [0.5, 0.6) is 11.5 Å². The number of nitrogens with zero attached hydrogens (tertiary/aromatic N) is 2. The van der Waals surface area contributed by atoms with E-state index in [1.54, 1.807) is 0 Å². The normalized spacial score (nSPS) is 10.6. The molecular weight excluding hydrogens is 371 g/mol. The number of hydrogen-bond acceptors (Lipinski definition) is 4. The number of halogens is 1. The first-order valence-corrected chi connectivity index (χ1v) is 9.96. The van der Waals surface area contributed by atoms with E-state index in [0.29, 0.717) is 0 Å². The van der Waals surface area contributed by atoms with E-state index in [1.165, 1.54) is 18.8 Å².